The zero-order chi connectivity index (χ0) is 12.4. The molecule has 0 bridgehead atoms. The Morgan fingerprint density at radius 2 is 1.81 bits per heavy atom. The summed E-state index contributed by atoms with van der Waals surface area (Å²) >= 11 is 0. The van der Waals surface area contributed by atoms with Gasteiger partial charge in [0.1, 0.15) is 12.5 Å². The summed E-state index contributed by atoms with van der Waals surface area (Å²) < 4.78 is 5.13. The molecule has 0 heterocycles. The van der Waals surface area contributed by atoms with Gasteiger partial charge in [-0.2, -0.15) is 0 Å². The van der Waals surface area contributed by atoms with Crippen LogP contribution in [0, 0.1) is 0 Å². The van der Waals surface area contributed by atoms with E-state index < -0.39 is 18.4 Å². The van der Waals surface area contributed by atoms with E-state index in [1.54, 1.807) is 0 Å². The van der Waals surface area contributed by atoms with E-state index in [2.05, 4.69) is 6.92 Å². The zero-order valence-corrected chi connectivity index (χ0v) is 10.2. The molecule has 0 saturated carbocycles. The van der Waals surface area contributed by atoms with Crippen LogP contribution in [0.4, 0.5) is 0 Å². The Balaban J connectivity index is 3.90. The first kappa shape index (κ1) is 14.9. The molecule has 1 unspecified atom stereocenters. The van der Waals surface area contributed by atoms with Crippen molar-refractivity contribution in [1.82, 2.24) is 0 Å². The number of carboxylic acid groups (broad SMARTS) is 1. The molecule has 1 N–H and O–H groups in total. The number of unbranched alkanes of at least 4 members (excludes halogenated alkanes) is 2. The Morgan fingerprint density at radius 3 is 2.31 bits per heavy atom. The molecular weight excluding hydrogens is 208 g/mol. The molecule has 0 aliphatic rings. The fourth-order valence-electron chi connectivity index (χ4n) is 1.56. The molecule has 0 rings (SSSR count). The van der Waals surface area contributed by atoms with Crippen molar-refractivity contribution in [2.24, 2.45) is 0 Å². The lowest BCUT2D eigenvalue weighted by Crippen LogP contribution is -2.20. The molecule has 0 aliphatic heterocycles. The standard InChI is InChI=1S/C12H22O4/c1-3-5-6-8-10(7-4-2)16-12(15)9-11(13)14/h10H,3-9H2,1-2H3,(H,13,14). The number of rotatable bonds is 9. The monoisotopic (exact) mass is 230 g/mol. The Labute approximate surface area is 97.0 Å². The van der Waals surface area contributed by atoms with Crippen molar-refractivity contribution in [3.63, 3.8) is 0 Å². The summed E-state index contributed by atoms with van der Waals surface area (Å²) in [6, 6.07) is 0. The van der Waals surface area contributed by atoms with Crippen molar-refractivity contribution in [2.75, 3.05) is 0 Å². The number of ether oxygens (including phenoxy) is 1. The van der Waals surface area contributed by atoms with Gasteiger partial charge in [0, 0.05) is 0 Å². The molecule has 0 saturated heterocycles. The number of aliphatic carboxylic acids is 1. The second-order valence-corrected chi connectivity index (χ2v) is 3.97. The van der Waals surface area contributed by atoms with Crippen LogP contribution in [0.2, 0.25) is 0 Å². The van der Waals surface area contributed by atoms with Crippen molar-refractivity contribution in [3.8, 4) is 0 Å². The molecule has 4 nitrogen and oxygen atoms in total. The van der Waals surface area contributed by atoms with Crippen molar-refractivity contribution in [2.45, 2.75) is 64.9 Å². The molecule has 0 spiro atoms. The van der Waals surface area contributed by atoms with Gasteiger partial charge in [-0.25, -0.2) is 0 Å². The van der Waals surface area contributed by atoms with E-state index >= 15 is 0 Å². The van der Waals surface area contributed by atoms with E-state index in [1.165, 1.54) is 0 Å². The molecule has 0 aromatic heterocycles. The van der Waals surface area contributed by atoms with Gasteiger partial charge in [0.25, 0.3) is 0 Å². The smallest absolute Gasteiger partial charge is 0.317 e. The highest BCUT2D eigenvalue weighted by Gasteiger charge is 2.15. The van der Waals surface area contributed by atoms with Crippen LogP contribution in [0.15, 0.2) is 0 Å². The van der Waals surface area contributed by atoms with Crippen LogP contribution < -0.4 is 0 Å². The van der Waals surface area contributed by atoms with Gasteiger partial charge in [-0.15, -0.1) is 0 Å². The van der Waals surface area contributed by atoms with E-state index in [1.807, 2.05) is 6.92 Å². The molecular formula is C12H22O4. The predicted molar refractivity (Wildman–Crippen MR) is 61.2 cm³/mol. The summed E-state index contributed by atoms with van der Waals surface area (Å²) in [5, 5.41) is 8.44. The largest absolute Gasteiger partial charge is 0.481 e. The normalized spacial score (nSPS) is 12.1. The number of carbonyl (C=O) groups is 2. The zero-order valence-electron chi connectivity index (χ0n) is 10.2. The first-order valence-electron chi connectivity index (χ1n) is 6.01. The number of carbonyl (C=O) groups excluding carboxylic acids is 1. The Bertz CT molecular complexity index is 213. The Hall–Kier alpha value is -1.06. The van der Waals surface area contributed by atoms with E-state index in [0.29, 0.717) is 0 Å². The van der Waals surface area contributed by atoms with Gasteiger partial charge in [0.05, 0.1) is 0 Å². The maximum absolute atomic E-state index is 11.2. The minimum absolute atomic E-state index is 0.108. The summed E-state index contributed by atoms with van der Waals surface area (Å²) in [5.41, 5.74) is 0. The van der Waals surface area contributed by atoms with E-state index in [9.17, 15) is 9.59 Å². The Kier molecular flexibility index (Phi) is 8.58. The number of hydrogen-bond donors (Lipinski definition) is 1. The maximum Gasteiger partial charge on any atom is 0.317 e. The minimum atomic E-state index is -1.13. The lowest BCUT2D eigenvalue weighted by atomic mass is 10.1. The fourth-order valence-corrected chi connectivity index (χ4v) is 1.56. The Morgan fingerprint density at radius 1 is 1.12 bits per heavy atom. The van der Waals surface area contributed by atoms with E-state index in [4.69, 9.17) is 9.84 Å². The van der Waals surface area contributed by atoms with Crippen molar-refractivity contribution in [1.29, 1.82) is 0 Å². The highest BCUT2D eigenvalue weighted by molar-refractivity contribution is 5.90. The van der Waals surface area contributed by atoms with Crippen LogP contribution in [-0.4, -0.2) is 23.1 Å². The molecule has 0 amide bonds. The average molecular weight is 230 g/mol. The predicted octanol–water partition coefficient (Wildman–Crippen LogP) is 2.75. The summed E-state index contributed by atoms with van der Waals surface area (Å²) in [6.07, 6.45) is 5.23. The third-order valence-electron chi connectivity index (χ3n) is 2.33. The van der Waals surface area contributed by atoms with E-state index in [-0.39, 0.29) is 6.10 Å². The van der Waals surface area contributed by atoms with Crippen LogP contribution in [0.5, 0.6) is 0 Å². The lowest BCUT2D eigenvalue weighted by molar-refractivity contribution is -0.155. The first-order valence-corrected chi connectivity index (χ1v) is 6.01. The molecule has 0 aliphatic carbocycles. The summed E-state index contributed by atoms with van der Waals surface area (Å²) in [5.74, 6) is -1.75. The van der Waals surface area contributed by atoms with Crippen LogP contribution in [0.3, 0.4) is 0 Å². The number of hydrogen-bond acceptors (Lipinski definition) is 3. The molecule has 0 aromatic carbocycles. The SMILES string of the molecule is CCCCCC(CCC)OC(=O)CC(=O)O. The van der Waals surface area contributed by atoms with Gasteiger partial charge >= 0.3 is 11.9 Å². The van der Waals surface area contributed by atoms with Gasteiger partial charge in [0.2, 0.25) is 0 Å². The summed E-state index contributed by atoms with van der Waals surface area (Å²) in [4.78, 5) is 21.5. The van der Waals surface area contributed by atoms with Gasteiger partial charge in [0.15, 0.2) is 0 Å². The number of carboxylic acids is 1. The third-order valence-corrected chi connectivity index (χ3v) is 2.33. The van der Waals surface area contributed by atoms with Crippen molar-refractivity contribution < 1.29 is 19.4 Å². The third kappa shape index (κ3) is 8.26. The van der Waals surface area contributed by atoms with Gasteiger partial charge in [-0.3, -0.25) is 9.59 Å². The van der Waals surface area contributed by atoms with Crippen molar-refractivity contribution >= 4 is 11.9 Å². The average Bonchev–Trinajstić information content (AvgIpc) is 2.16. The molecule has 4 heteroatoms. The fraction of sp³-hybridized carbons (Fsp3) is 0.833. The van der Waals surface area contributed by atoms with Crippen LogP contribution in [-0.2, 0) is 14.3 Å². The van der Waals surface area contributed by atoms with Gasteiger partial charge < -0.3 is 9.84 Å². The minimum Gasteiger partial charge on any atom is -0.481 e. The van der Waals surface area contributed by atoms with Gasteiger partial charge in [-0.05, 0) is 19.3 Å². The molecule has 94 valence electrons. The van der Waals surface area contributed by atoms with Crippen LogP contribution >= 0.6 is 0 Å². The molecule has 0 radical (unpaired) electrons. The van der Waals surface area contributed by atoms with Crippen LogP contribution in [0.25, 0.3) is 0 Å². The highest BCUT2D eigenvalue weighted by Crippen LogP contribution is 2.12. The second kappa shape index (κ2) is 9.19. The molecule has 16 heavy (non-hydrogen) atoms. The molecule has 0 aromatic rings. The van der Waals surface area contributed by atoms with Crippen molar-refractivity contribution in [3.05, 3.63) is 0 Å². The highest BCUT2D eigenvalue weighted by atomic mass is 16.5. The van der Waals surface area contributed by atoms with E-state index in [0.717, 1.165) is 38.5 Å². The van der Waals surface area contributed by atoms with Crippen LogP contribution in [0.1, 0.15) is 58.8 Å². The quantitative estimate of drug-likeness (QED) is 0.376. The summed E-state index contributed by atoms with van der Waals surface area (Å²) in [7, 11) is 0. The second-order valence-electron chi connectivity index (χ2n) is 3.97. The lowest BCUT2D eigenvalue weighted by Gasteiger charge is -2.16. The topological polar surface area (TPSA) is 63.6 Å². The molecule has 1 atom stereocenters. The molecule has 0 fully saturated rings. The first-order chi connectivity index (χ1) is 7.60. The number of esters is 1. The summed E-state index contributed by atoms with van der Waals surface area (Å²) in [6.45, 7) is 4.14. The van der Waals surface area contributed by atoms with Gasteiger partial charge in [-0.1, -0.05) is 33.1 Å². The maximum atomic E-state index is 11.2.